The van der Waals surface area contributed by atoms with Crippen molar-refractivity contribution < 1.29 is 22.4 Å². The highest BCUT2D eigenvalue weighted by molar-refractivity contribution is 7.89. The van der Waals surface area contributed by atoms with E-state index in [2.05, 4.69) is 10.9 Å². The van der Waals surface area contributed by atoms with Crippen molar-refractivity contribution in [2.75, 3.05) is 13.1 Å². The lowest BCUT2D eigenvalue weighted by Crippen LogP contribution is -2.42. The third-order valence-corrected chi connectivity index (χ3v) is 7.76. The van der Waals surface area contributed by atoms with Crippen molar-refractivity contribution in [1.82, 2.24) is 15.2 Å². The van der Waals surface area contributed by atoms with Gasteiger partial charge in [0.1, 0.15) is 5.58 Å². The highest BCUT2D eigenvalue weighted by Crippen LogP contribution is 2.25. The van der Waals surface area contributed by atoms with Crippen LogP contribution in [0.5, 0.6) is 0 Å². The van der Waals surface area contributed by atoms with Crippen molar-refractivity contribution in [3.8, 4) is 0 Å². The van der Waals surface area contributed by atoms with Gasteiger partial charge in [-0.15, -0.1) is 0 Å². The maximum Gasteiger partial charge on any atom is 0.305 e. The molecule has 0 aliphatic carbocycles. The Labute approximate surface area is 186 Å². The average Bonchev–Trinajstić information content (AvgIpc) is 3.14. The highest BCUT2D eigenvalue weighted by atomic mass is 32.2. The van der Waals surface area contributed by atoms with Crippen molar-refractivity contribution in [2.24, 2.45) is 0 Å². The zero-order valence-electron chi connectivity index (χ0n) is 18.0. The van der Waals surface area contributed by atoms with Crippen LogP contribution < -0.4 is 10.9 Å². The highest BCUT2D eigenvalue weighted by Gasteiger charge is 2.28. The number of para-hydroxylation sites is 1. The van der Waals surface area contributed by atoms with Gasteiger partial charge in [-0.25, -0.2) is 8.42 Å². The Kier molecular flexibility index (Phi) is 6.03. The van der Waals surface area contributed by atoms with Gasteiger partial charge < -0.3 is 4.42 Å². The van der Waals surface area contributed by atoms with E-state index in [1.165, 1.54) is 16.4 Å². The van der Waals surface area contributed by atoms with E-state index in [0.29, 0.717) is 29.8 Å². The van der Waals surface area contributed by atoms with Crippen molar-refractivity contribution in [2.45, 2.75) is 38.0 Å². The van der Waals surface area contributed by atoms with Crippen molar-refractivity contribution >= 4 is 32.8 Å². The largest absolute Gasteiger partial charge is 0.451 e. The number of carbonyl (C=O) groups is 2. The summed E-state index contributed by atoms with van der Waals surface area (Å²) < 4.78 is 33.2. The summed E-state index contributed by atoms with van der Waals surface area (Å²) in [6, 6.07) is 11.7. The topological polar surface area (TPSA) is 109 Å². The SMILES string of the molecule is Cc1ccc(C(=O)NNC(=O)c2oc3ccccc3c2C)cc1S(=O)(=O)N1CCCCC1. The van der Waals surface area contributed by atoms with Gasteiger partial charge >= 0.3 is 5.91 Å². The van der Waals surface area contributed by atoms with Gasteiger partial charge in [-0.3, -0.25) is 20.4 Å². The normalized spacial score (nSPS) is 14.9. The molecule has 4 rings (SSSR count). The first-order valence-corrected chi connectivity index (χ1v) is 11.9. The Morgan fingerprint density at radius 1 is 0.938 bits per heavy atom. The molecule has 0 atom stereocenters. The van der Waals surface area contributed by atoms with Crippen LogP contribution in [-0.2, 0) is 10.0 Å². The zero-order valence-corrected chi connectivity index (χ0v) is 18.8. The number of nitrogens with zero attached hydrogens (tertiary/aromatic N) is 1. The number of furan rings is 1. The number of sulfonamides is 1. The number of amides is 2. The molecule has 1 aliphatic heterocycles. The van der Waals surface area contributed by atoms with Crippen LogP contribution in [0.2, 0.25) is 0 Å². The molecule has 0 unspecified atom stereocenters. The Balaban J connectivity index is 1.50. The van der Waals surface area contributed by atoms with Gasteiger partial charge in [0.25, 0.3) is 5.91 Å². The molecule has 1 saturated heterocycles. The lowest BCUT2D eigenvalue weighted by atomic mass is 10.1. The molecule has 2 N–H and O–H groups in total. The minimum absolute atomic E-state index is 0.101. The van der Waals surface area contributed by atoms with E-state index in [0.717, 1.165) is 24.6 Å². The molecule has 0 spiro atoms. The lowest BCUT2D eigenvalue weighted by molar-refractivity contribution is 0.0831. The standard InChI is InChI=1S/C23H25N3O5S/c1-15-10-11-17(14-20(15)32(29,30)26-12-6-3-7-13-26)22(27)24-25-23(28)21-16(2)18-8-4-5-9-19(18)31-21/h4-5,8-11,14H,3,6-7,12-13H2,1-2H3,(H,24,27)(H,25,28). The van der Waals surface area contributed by atoms with Gasteiger partial charge in [-0.1, -0.05) is 30.7 Å². The number of aryl methyl sites for hydroxylation is 2. The molecule has 0 radical (unpaired) electrons. The quantitative estimate of drug-likeness (QED) is 0.587. The van der Waals surface area contributed by atoms with Crippen molar-refractivity contribution in [3.63, 3.8) is 0 Å². The van der Waals surface area contributed by atoms with E-state index < -0.39 is 21.8 Å². The van der Waals surface area contributed by atoms with Gasteiger partial charge in [0.05, 0.1) is 4.90 Å². The number of hydrogen-bond acceptors (Lipinski definition) is 5. The molecule has 1 aromatic heterocycles. The summed E-state index contributed by atoms with van der Waals surface area (Å²) in [5.74, 6) is -1.12. The molecule has 168 valence electrons. The predicted octanol–water partition coefficient (Wildman–Crippen LogP) is 3.30. The molecular formula is C23H25N3O5S. The summed E-state index contributed by atoms with van der Waals surface area (Å²) in [6.45, 7) is 4.42. The first-order chi connectivity index (χ1) is 15.3. The Bertz CT molecular complexity index is 1290. The predicted molar refractivity (Wildman–Crippen MR) is 120 cm³/mol. The van der Waals surface area contributed by atoms with Crippen LogP contribution >= 0.6 is 0 Å². The Hall–Kier alpha value is -3.17. The molecule has 9 heteroatoms. The second kappa shape index (κ2) is 8.76. The van der Waals surface area contributed by atoms with Gasteiger partial charge in [-0.2, -0.15) is 4.31 Å². The third kappa shape index (κ3) is 4.13. The van der Waals surface area contributed by atoms with Crippen LogP contribution in [0.15, 0.2) is 51.8 Å². The van der Waals surface area contributed by atoms with Gasteiger partial charge in [0.15, 0.2) is 5.76 Å². The average molecular weight is 456 g/mol. The molecule has 1 aliphatic rings. The fraction of sp³-hybridized carbons (Fsp3) is 0.304. The monoisotopic (exact) mass is 455 g/mol. The van der Waals surface area contributed by atoms with Crippen LogP contribution in [-0.4, -0.2) is 37.6 Å². The Morgan fingerprint density at radius 2 is 1.62 bits per heavy atom. The second-order valence-corrected chi connectivity index (χ2v) is 9.81. The molecule has 0 saturated carbocycles. The maximum absolute atomic E-state index is 13.1. The van der Waals surface area contributed by atoms with Crippen LogP contribution in [0, 0.1) is 13.8 Å². The van der Waals surface area contributed by atoms with Crippen LogP contribution in [0.4, 0.5) is 0 Å². The fourth-order valence-electron chi connectivity index (χ4n) is 3.90. The summed E-state index contributed by atoms with van der Waals surface area (Å²) in [6.07, 6.45) is 2.66. The molecule has 2 heterocycles. The number of carbonyl (C=O) groups excluding carboxylic acids is 2. The minimum Gasteiger partial charge on any atom is -0.451 e. The van der Waals surface area contributed by atoms with Gasteiger partial charge in [-0.05, 0) is 50.5 Å². The zero-order chi connectivity index (χ0) is 22.9. The second-order valence-electron chi connectivity index (χ2n) is 7.91. The van der Waals surface area contributed by atoms with E-state index in [1.54, 1.807) is 26.0 Å². The molecule has 0 bridgehead atoms. The molecule has 32 heavy (non-hydrogen) atoms. The number of hydrazine groups is 1. The van der Waals surface area contributed by atoms with Crippen LogP contribution in [0.25, 0.3) is 11.0 Å². The lowest BCUT2D eigenvalue weighted by Gasteiger charge is -2.26. The van der Waals surface area contributed by atoms with E-state index in [1.807, 2.05) is 18.2 Å². The van der Waals surface area contributed by atoms with Crippen LogP contribution in [0.3, 0.4) is 0 Å². The fourth-order valence-corrected chi connectivity index (χ4v) is 5.66. The van der Waals surface area contributed by atoms with E-state index in [-0.39, 0.29) is 16.2 Å². The smallest absolute Gasteiger partial charge is 0.305 e. The summed E-state index contributed by atoms with van der Waals surface area (Å²) >= 11 is 0. The first-order valence-electron chi connectivity index (χ1n) is 10.5. The summed E-state index contributed by atoms with van der Waals surface area (Å²) in [4.78, 5) is 25.3. The summed E-state index contributed by atoms with van der Waals surface area (Å²) in [5, 5.41) is 0.815. The molecule has 8 nitrogen and oxygen atoms in total. The Morgan fingerprint density at radius 3 is 2.34 bits per heavy atom. The van der Waals surface area contributed by atoms with Crippen molar-refractivity contribution in [3.05, 3.63) is 64.9 Å². The van der Waals surface area contributed by atoms with E-state index in [4.69, 9.17) is 4.42 Å². The van der Waals surface area contributed by atoms with Crippen molar-refractivity contribution in [1.29, 1.82) is 0 Å². The van der Waals surface area contributed by atoms with Gasteiger partial charge in [0.2, 0.25) is 10.0 Å². The molecular weight excluding hydrogens is 430 g/mol. The van der Waals surface area contributed by atoms with E-state index in [9.17, 15) is 18.0 Å². The number of hydrogen-bond donors (Lipinski definition) is 2. The molecule has 3 aromatic rings. The van der Waals surface area contributed by atoms with Crippen LogP contribution in [0.1, 0.15) is 51.3 Å². The maximum atomic E-state index is 13.1. The van der Waals surface area contributed by atoms with Gasteiger partial charge in [0, 0.05) is 29.6 Å². The molecule has 2 amide bonds. The number of benzene rings is 2. The number of piperidine rings is 1. The molecule has 1 fully saturated rings. The van der Waals surface area contributed by atoms with E-state index >= 15 is 0 Å². The summed E-state index contributed by atoms with van der Waals surface area (Å²) in [7, 11) is -3.69. The third-order valence-electron chi connectivity index (χ3n) is 5.72. The number of rotatable bonds is 4. The summed E-state index contributed by atoms with van der Waals surface area (Å²) in [5.41, 5.74) is 6.62. The minimum atomic E-state index is -3.69. The first kappa shape index (κ1) is 22.0. The number of nitrogens with one attached hydrogen (secondary N) is 2. The number of fused-ring (bicyclic) bond motifs is 1. The molecule has 2 aromatic carbocycles.